The van der Waals surface area contributed by atoms with Crippen molar-refractivity contribution in [3.8, 4) is 6.07 Å². The lowest BCUT2D eigenvalue weighted by molar-refractivity contribution is -0.117. The van der Waals surface area contributed by atoms with Gasteiger partial charge in [-0.2, -0.15) is 5.26 Å². The van der Waals surface area contributed by atoms with Crippen LogP contribution in [0, 0.1) is 17.1 Å². The number of carbonyl (C=O) groups is 2. The fraction of sp³-hybridized carbons (Fsp3) is 0.0800. The molecule has 170 valence electrons. The topological polar surface area (TPSA) is 73.2 Å². The zero-order valence-electron chi connectivity index (χ0n) is 17.5. The van der Waals surface area contributed by atoms with Crippen LogP contribution in [0.5, 0.6) is 0 Å². The second-order valence-electron chi connectivity index (χ2n) is 7.34. The van der Waals surface area contributed by atoms with E-state index in [4.69, 9.17) is 11.6 Å². The maximum absolute atomic E-state index is 13.5. The molecule has 0 spiro atoms. The van der Waals surface area contributed by atoms with Crippen LogP contribution in [0.2, 0.25) is 5.02 Å². The molecule has 1 fully saturated rings. The zero-order valence-corrected chi connectivity index (χ0v) is 20.6. The smallest absolute Gasteiger partial charge is 0.269 e. The van der Waals surface area contributed by atoms with Gasteiger partial charge in [-0.15, -0.1) is 0 Å². The molecular formula is C25H16BrClFN3O2S. The minimum atomic E-state index is -0.687. The number of rotatable bonds is 5. The van der Waals surface area contributed by atoms with E-state index < -0.39 is 17.0 Å². The van der Waals surface area contributed by atoms with E-state index in [1.165, 1.54) is 40.9 Å². The lowest BCUT2D eigenvalue weighted by Gasteiger charge is -2.19. The number of nitrogens with zero attached hydrogens (tertiary/aromatic N) is 2. The molecule has 1 heterocycles. The van der Waals surface area contributed by atoms with E-state index in [2.05, 4.69) is 21.2 Å². The Hall–Kier alpha value is -3.12. The van der Waals surface area contributed by atoms with Crippen molar-refractivity contribution in [1.82, 2.24) is 0 Å². The van der Waals surface area contributed by atoms with Crippen LogP contribution in [0.25, 0.3) is 0 Å². The largest absolute Gasteiger partial charge is 0.321 e. The van der Waals surface area contributed by atoms with Gasteiger partial charge in [0.15, 0.2) is 0 Å². The van der Waals surface area contributed by atoms with Crippen LogP contribution >= 0.6 is 39.3 Å². The first-order valence-electron chi connectivity index (χ1n) is 10.1. The monoisotopic (exact) mass is 555 g/mol. The second kappa shape index (κ2) is 10.4. The summed E-state index contributed by atoms with van der Waals surface area (Å²) in [6, 6.07) is 21.4. The Morgan fingerprint density at radius 1 is 1.09 bits per heavy atom. The van der Waals surface area contributed by atoms with Crippen LogP contribution in [-0.2, 0) is 16.0 Å². The third kappa shape index (κ3) is 5.33. The molecule has 1 aliphatic heterocycles. The number of benzene rings is 3. The molecule has 2 amide bonds. The molecule has 3 aromatic rings. The minimum Gasteiger partial charge on any atom is -0.321 e. The maximum Gasteiger partial charge on any atom is 0.269 e. The summed E-state index contributed by atoms with van der Waals surface area (Å²) >= 11 is 10.6. The first kappa shape index (κ1) is 24.0. The molecule has 1 unspecified atom stereocenters. The lowest BCUT2D eigenvalue weighted by Crippen LogP contribution is -2.30. The van der Waals surface area contributed by atoms with E-state index in [0.29, 0.717) is 22.8 Å². The van der Waals surface area contributed by atoms with Gasteiger partial charge < -0.3 is 5.32 Å². The maximum atomic E-state index is 13.5. The predicted octanol–water partition coefficient (Wildman–Crippen LogP) is 6.31. The highest BCUT2D eigenvalue weighted by atomic mass is 79.9. The molecule has 34 heavy (non-hydrogen) atoms. The fourth-order valence-electron chi connectivity index (χ4n) is 3.37. The Morgan fingerprint density at radius 2 is 1.74 bits per heavy atom. The van der Waals surface area contributed by atoms with Crippen LogP contribution in [0.15, 0.2) is 87.9 Å². The molecule has 1 aliphatic rings. The summed E-state index contributed by atoms with van der Waals surface area (Å²) in [7, 11) is 0. The van der Waals surface area contributed by atoms with Gasteiger partial charge in [0.1, 0.15) is 22.5 Å². The highest BCUT2D eigenvalue weighted by Crippen LogP contribution is 2.42. The Bertz CT molecular complexity index is 1310. The first-order valence-corrected chi connectivity index (χ1v) is 12.1. The average Bonchev–Trinajstić information content (AvgIpc) is 3.13. The average molecular weight is 557 g/mol. The van der Waals surface area contributed by atoms with Gasteiger partial charge in [0, 0.05) is 20.9 Å². The van der Waals surface area contributed by atoms with E-state index in [0.717, 1.165) is 10.0 Å². The first-order chi connectivity index (χ1) is 16.4. The van der Waals surface area contributed by atoms with Gasteiger partial charge in [-0.1, -0.05) is 51.4 Å². The molecule has 1 N–H and O–H groups in total. The van der Waals surface area contributed by atoms with Crippen molar-refractivity contribution in [2.45, 2.75) is 11.7 Å². The summed E-state index contributed by atoms with van der Waals surface area (Å²) in [5, 5.41) is 12.7. The summed E-state index contributed by atoms with van der Waals surface area (Å²) in [5.41, 5.74) is 1.56. The Balaban J connectivity index is 1.71. The standard InChI is InChI=1S/C25H16BrClFN3O2S/c26-16-3-1-15(2-4-16)13-22-24(33)31(20-11-5-17(27)6-12-20)25(34-22)21(14-29)23(32)30-19-9-7-18(28)8-10-19/h1-12,22H,13H2,(H,30,32). The Morgan fingerprint density at radius 3 is 2.35 bits per heavy atom. The van der Waals surface area contributed by atoms with Gasteiger partial charge >= 0.3 is 0 Å². The van der Waals surface area contributed by atoms with Crippen molar-refractivity contribution in [3.63, 3.8) is 0 Å². The van der Waals surface area contributed by atoms with Crippen LogP contribution in [0.4, 0.5) is 15.8 Å². The van der Waals surface area contributed by atoms with Crippen molar-refractivity contribution in [2.75, 3.05) is 10.2 Å². The van der Waals surface area contributed by atoms with Gasteiger partial charge in [0.05, 0.1) is 5.25 Å². The molecule has 0 bridgehead atoms. The number of amides is 2. The van der Waals surface area contributed by atoms with Gasteiger partial charge in [0.2, 0.25) is 5.91 Å². The van der Waals surface area contributed by atoms with Crippen molar-refractivity contribution in [3.05, 3.63) is 104 Å². The summed E-state index contributed by atoms with van der Waals surface area (Å²) in [6.07, 6.45) is 0.419. The molecule has 1 saturated heterocycles. The molecule has 0 aromatic heterocycles. The molecular weight excluding hydrogens is 541 g/mol. The summed E-state index contributed by atoms with van der Waals surface area (Å²) in [6.45, 7) is 0. The summed E-state index contributed by atoms with van der Waals surface area (Å²) in [5.74, 6) is -1.38. The molecule has 3 aromatic carbocycles. The van der Waals surface area contributed by atoms with E-state index in [1.54, 1.807) is 24.3 Å². The van der Waals surface area contributed by atoms with Crippen LogP contribution < -0.4 is 10.2 Å². The predicted molar refractivity (Wildman–Crippen MR) is 136 cm³/mol. The number of nitrogens with one attached hydrogen (secondary N) is 1. The van der Waals surface area contributed by atoms with Crippen LogP contribution in [-0.4, -0.2) is 17.1 Å². The second-order valence-corrected chi connectivity index (χ2v) is 9.88. The highest BCUT2D eigenvalue weighted by molar-refractivity contribution is 9.10. The van der Waals surface area contributed by atoms with Crippen LogP contribution in [0.1, 0.15) is 5.56 Å². The summed E-state index contributed by atoms with van der Waals surface area (Å²) in [4.78, 5) is 27.8. The third-order valence-corrected chi connectivity index (χ3v) is 7.07. The third-order valence-electron chi connectivity index (χ3n) is 5.03. The highest BCUT2D eigenvalue weighted by Gasteiger charge is 2.40. The molecule has 0 aliphatic carbocycles. The summed E-state index contributed by atoms with van der Waals surface area (Å²) < 4.78 is 14.1. The van der Waals surface area contributed by atoms with Gasteiger partial charge in [-0.05, 0) is 72.6 Å². The fourth-order valence-corrected chi connectivity index (χ4v) is 5.07. The zero-order chi connectivity index (χ0) is 24.2. The molecule has 5 nitrogen and oxygen atoms in total. The van der Waals surface area contributed by atoms with Crippen molar-refractivity contribution in [2.24, 2.45) is 0 Å². The van der Waals surface area contributed by atoms with E-state index in [1.807, 2.05) is 30.3 Å². The van der Waals surface area contributed by atoms with E-state index >= 15 is 0 Å². The number of hydrogen-bond acceptors (Lipinski definition) is 4. The quantitative estimate of drug-likeness (QED) is 0.295. The van der Waals surface area contributed by atoms with E-state index in [-0.39, 0.29) is 16.5 Å². The Kier molecular flexibility index (Phi) is 7.37. The number of hydrogen-bond donors (Lipinski definition) is 1. The van der Waals surface area contributed by atoms with Crippen molar-refractivity contribution >= 4 is 62.5 Å². The van der Waals surface area contributed by atoms with Gasteiger partial charge in [0.25, 0.3) is 5.91 Å². The number of halogens is 3. The molecule has 1 atom stereocenters. The lowest BCUT2D eigenvalue weighted by atomic mass is 10.1. The normalized spacial score (nSPS) is 16.8. The Labute approximate surface area is 213 Å². The van der Waals surface area contributed by atoms with Crippen LogP contribution in [0.3, 0.4) is 0 Å². The number of anilines is 2. The van der Waals surface area contributed by atoms with Crippen molar-refractivity contribution < 1.29 is 14.0 Å². The SMILES string of the molecule is N#CC(C(=O)Nc1ccc(F)cc1)=C1SC(Cc2ccc(Br)cc2)C(=O)N1c1ccc(Cl)cc1. The molecule has 0 radical (unpaired) electrons. The molecule has 0 saturated carbocycles. The molecule has 9 heteroatoms. The van der Waals surface area contributed by atoms with Gasteiger partial charge in [-0.3, -0.25) is 14.5 Å². The number of nitriles is 1. The van der Waals surface area contributed by atoms with Crippen molar-refractivity contribution in [1.29, 1.82) is 5.26 Å². The van der Waals surface area contributed by atoms with Gasteiger partial charge in [-0.25, -0.2) is 4.39 Å². The number of carbonyl (C=O) groups excluding carboxylic acids is 2. The molecule has 4 rings (SSSR count). The minimum absolute atomic E-state index is 0.212. The number of thioether (sulfide) groups is 1. The van der Waals surface area contributed by atoms with E-state index in [9.17, 15) is 19.2 Å².